The number of rotatable bonds is 55. The van der Waals surface area contributed by atoms with Crippen molar-refractivity contribution in [2.75, 3.05) is 197 Å². The summed E-state index contributed by atoms with van der Waals surface area (Å²) in [4.78, 5) is 87.1. The molecule has 4 rings (SSSR count). The van der Waals surface area contributed by atoms with Crippen LogP contribution in [0.3, 0.4) is 0 Å². The maximum Gasteiger partial charge on any atom is 0.326 e. The van der Waals surface area contributed by atoms with Crippen LogP contribution < -0.4 is 21.3 Å². The normalized spacial score (nSPS) is 14.0. The Morgan fingerprint density at radius 2 is 0.875 bits per heavy atom. The second-order valence-corrected chi connectivity index (χ2v) is 20.7. The highest BCUT2D eigenvalue weighted by Crippen LogP contribution is 2.41. The maximum atomic E-state index is 13.7. The van der Waals surface area contributed by atoms with Crippen molar-refractivity contribution in [3.05, 3.63) is 75.8 Å². The Kier molecular flexibility index (Phi) is 40.7. The lowest BCUT2D eigenvalue weighted by molar-refractivity contribution is -0.144. The molecular weight excluding hydrogens is 1200 g/mol. The lowest BCUT2D eigenvalue weighted by Crippen LogP contribution is -2.49. The van der Waals surface area contributed by atoms with Gasteiger partial charge in [-0.1, -0.05) is 54.2 Å². The van der Waals surface area contributed by atoms with Gasteiger partial charge in [-0.25, -0.2) is 4.79 Å². The fraction of sp³-hybridized carbons (Fsp3) is 0.650. The molecule has 26 nitrogen and oxygen atoms in total. The van der Waals surface area contributed by atoms with E-state index in [1.165, 1.54) is 12.2 Å². The molecule has 1 fully saturated rings. The van der Waals surface area contributed by atoms with E-state index in [9.17, 15) is 38.7 Å². The summed E-state index contributed by atoms with van der Waals surface area (Å²) in [6.45, 7) is 11.2. The van der Waals surface area contributed by atoms with Gasteiger partial charge in [0.25, 0.3) is 17.7 Å². The first kappa shape index (κ1) is 75.2. The van der Waals surface area contributed by atoms with Gasteiger partial charge in [0.2, 0.25) is 17.7 Å². The first-order valence-corrected chi connectivity index (χ1v) is 30.6. The van der Waals surface area contributed by atoms with Crippen molar-refractivity contribution in [1.29, 1.82) is 0 Å². The van der Waals surface area contributed by atoms with Gasteiger partial charge in [0, 0.05) is 56.7 Å². The standard InChI is InChI=1S/C60H89Cl2N5O21/c61-49-4-3-5-50(62)56(49)57(72)65-48-8-6-47(7-9-48)46-51(58(73)74)66-59(75)60(14-1-2-15-60)16-17-63-53(69)13-20-76-22-24-78-26-28-80-30-32-82-34-36-84-38-40-86-42-44-88-45-43-87-41-39-85-37-35-83-33-31-81-29-27-79-25-23-77-21-18-64-52(68)12-19-67-54(70)10-11-55(67)71/h3-11,51H,1-2,12-46H2,(H,63,69)(H,64,68)(H,65,72)(H,66,75)(H,73,74)/t51-/m0/s1. The number of hydrogen-bond acceptors (Lipinski definition) is 20. The molecule has 28 heteroatoms. The van der Waals surface area contributed by atoms with Crippen molar-refractivity contribution in [1.82, 2.24) is 20.9 Å². The third-order valence-electron chi connectivity index (χ3n) is 13.4. The minimum Gasteiger partial charge on any atom is -0.480 e. The number of imide groups is 1. The number of nitrogens with one attached hydrogen (secondary N) is 4. The van der Waals surface area contributed by atoms with Crippen molar-refractivity contribution < 1.29 is 100 Å². The molecule has 0 aromatic heterocycles. The molecule has 494 valence electrons. The van der Waals surface area contributed by atoms with Crippen LogP contribution in [0.2, 0.25) is 10.0 Å². The molecule has 88 heavy (non-hydrogen) atoms. The Bertz CT molecular complexity index is 2310. The predicted molar refractivity (Wildman–Crippen MR) is 321 cm³/mol. The molecule has 2 aliphatic rings. The quantitative estimate of drug-likeness (QED) is 0.0468. The number of aliphatic carboxylic acids is 1. The molecule has 2 aromatic rings. The highest BCUT2D eigenvalue weighted by molar-refractivity contribution is 6.40. The lowest BCUT2D eigenvalue weighted by Gasteiger charge is -2.29. The van der Waals surface area contributed by atoms with Gasteiger partial charge in [0.15, 0.2) is 0 Å². The molecule has 0 saturated heterocycles. The van der Waals surface area contributed by atoms with Gasteiger partial charge in [-0.2, -0.15) is 0 Å². The summed E-state index contributed by atoms with van der Waals surface area (Å²) in [5.74, 6) is -3.30. The number of halogens is 2. The fourth-order valence-electron chi connectivity index (χ4n) is 8.67. The monoisotopic (exact) mass is 1290 g/mol. The summed E-state index contributed by atoms with van der Waals surface area (Å²) in [6.07, 6.45) is 5.78. The molecule has 1 aliphatic heterocycles. The fourth-order valence-corrected chi connectivity index (χ4v) is 9.24. The molecule has 0 radical (unpaired) electrons. The molecular formula is C60H89Cl2N5O21. The van der Waals surface area contributed by atoms with E-state index in [0.29, 0.717) is 202 Å². The summed E-state index contributed by atoms with van der Waals surface area (Å²) in [7, 11) is 0. The zero-order valence-electron chi connectivity index (χ0n) is 50.3. The van der Waals surface area contributed by atoms with Crippen molar-refractivity contribution in [2.24, 2.45) is 5.41 Å². The number of carboxylic acid groups (broad SMARTS) is 1. The number of ether oxygens (including phenoxy) is 13. The number of anilines is 1. The van der Waals surface area contributed by atoms with Gasteiger partial charge in [-0.05, 0) is 49.1 Å². The van der Waals surface area contributed by atoms with Crippen LogP contribution in [-0.2, 0) is 96.8 Å². The minimum absolute atomic E-state index is 0.0258. The van der Waals surface area contributed by atoms with Crippen LogP contribution >= 0.6 is 23.2 Å². The zero-order chi connectivity index (χ0) is 63.1. The summed E-state index contributed by atoms with van der Waals surface area (Å²) >= 11 is 12.3. The van der Waals surface area contributed by atoms with E-state index in [0.717, 1.165) is 17.7 Å². The average molecular weight is 1290 g/mol. The molecule has 2 aromatic carbocycles. The highest BCUT2D eigenvalue weighted by Gasteiger charge is 2.42. The third-order valence-corrected chi connectivity index (χ3v) is 14.0. The van der Waals surface area contributed by atoms with E-state index < -0.39 is 35.1 Å². The first-order valence-electron chi connectivity index (χ1n) is 29.8. The van der Waals surface area contributed by atoms with Crippen molar-refractivity contribution in [2.45, 2.75) is 57.4 Å². The van der Waals surface area contributed by atoms with Crippen LogP contribution in [0.5, 0.6) is 0 Å². The number of amides is 6. The minimum atomic E-state index is -1.18. The van der Waals surface area contributed by atoms with Gasteiger partial charge < -0.3 is 88.0 Å². The Morgan fingerprint density at radius 1 is 0.500 bits per heavy atom. The number of carbonyl (C=O) groups excluding carboxylic acids is 6. The number of hydrogen-bond donors (Lipinski definition) is 5. The van der Waals surface area contributed by atoms with Crippen LogP contribution in [0.15, 0.2) is 54.6 Å². The van der Waals surface area contributed by atoms with Crippen LogP contribution in [-0.4, -0.2) is 249 Å². The second kappa shape index (κ2) is 47.6. The van der Waals surface area contributed by atoms with Crippen LogP contribution in [0.4, 0.5) is 5.69 Å². The Labute approximate surface area is 524 Å². The molecule has 0 unspecified atom stereocenters. The van der Waals surface area contributed by atoms with Gasteiger partial charge >= 0.3 is 5.97 Å². The number of benzene rings is 2. The van der Waals surface area contributed by atoms with Crippen LogP contribution in [0.25, 0.3) is 0 Å². The Balaban J connectivity index is 0.810. The summed E-state index contributed by atoms with van der Waals surface area (Å²) in [5.41, 5.74) is 0.451. The first-order chi connectivity index (χ1) is 42.9. The molecule has 1 saturated carbocycles. The summed E-state index contributed by atoms with van der Waals surface area (Å²) in [6, 6.07) is 10.2. The number of carbonyl (C=O) groups is 7. The van der Waals surface area contributed by atoms with Crippen LogP contribution in [0.1, 0.15) is 60.9 Å². The van der Waals surface area contributed by atoms with Gasteiger partial charge in [0.1, 0.15) is 6.04 Å². The average Bonchev–Trinajstić information content (AvgIpc) is 4.11. The SMILES string of the molecule is O=C(CCOCCOCCOCCOCCOCCOCCOCCOCCOCCOCCOCCOCCOCCNC(=O)CCN1C(=O)C=CC1=O)NCCC1(C(=O)N[C@@H](Cc2ccc(NC(=O)c3c(Cl)cccc3Cl)cc2)C(=O)O)CCCC1. The van der Waals surface area contributed by atoms with E-state index >= 15 is 0 Å². The highest BCUT2D eigenvalue weighted by atomic mass is 35.5. The second-order valence-electron chi connectivity index (χ2n) is 19.9. The molecule has 5 N–H and O–H groups in total. The summed E-state index contributed by atoms with van der Waals surface area (Å²) < 4.78 is 71.5. The number of nitrogens with zero attached hydrogens (tertiary/aromatic N) is 1. The van der Waals surface area contributed by atoms with Crippen molar-refractivity contribution in [3.63, 3.8) is 0 Å². The molecule has 1 heterocycles. The largest absolute Gasteiger partial charge is 0.480 e. The van der Waals surface area contributed by atoms with E-state index in [1.54, 1.807) is 42.5 Å². The predicted octanol–water partition coefficient (Wildman–Crippen LogP) is 3.46. The van der Waals surface area contributed by atoms with Gasteiger partial charge in [-0.3, -0.25) is 33.7 Å². The molecule has 6 amide bonds. The Hall–Kier alpha value is -5.27. The lowest BCUT2D eigenvalue weighted by atomic mass is 9.81. The van der Waals surface area contributed by atoms with E-state index in [1.807, 2.05) is 0 Å². The molecule has 1 atom stereocenters. The maximum absolute atomic E-state index is 13.7. The smallest absolute Gasteiger partial charge is 0.326 e. The van der Waals surface area contributed by atoms with E-state index in [2.05, 4.69) is 21.3 Å². The number of carboxylic acids is 1. The van der Waals surface area contributed by atoms with Crippen molar-refractivity contribution >= 4 is 70.3 Å². The van der Waals surface area contributed by atoms with E-state index in [4.69, 9.17) is 84.8 Å². The zero-order valence-corrected chi connectivity index (χ0v) is 51.8. The van der Waals surface area contributed by atoms with Gasteiger partial charge in [-0.15, -0.1) is 0 Å². The van der Waals surface area contributed by atoms with Gasteiger partial charge in [0.05, 0.1) is 193 Å². The van der Waals surface area contributed by atoms with E-state index in [-0.39, 0.29) is 72.3 Å². The van der Waals surface area contributed by atoms with Crippen LogP contribution in [0, 0.1) is 5.41 Å². The molecule has 0 bridgehead atoms. The molecule has 1 aliphatic carbocycles. The van der Waals surface area contributed by atoms with Crippen molar-refractivity contribution in [3.8, 4) is 0 Å². The topological polar surface area (TPSA) is 311 Å². The third kappa shape index (κ3) is 33.5. The molecule has 0 spiro atoms. The summed E-state index contributed by atoms with van der Waals surface area (Å²) in [5, 5.41) is 21.5. The Morgan fingerprint density at radius 3 is 1.28 bits per heavy atom.